The van der Waals surface area contributed by atoms with Crippen LogP contribution in [0.3, 0.4) is 0 Å². The Labute approximate surface area is 108 Å². The van der Waals surface area contributed by atoms with Crippen molar-refractivity contribution < 1.29 is 0 Å². The molecule has 0 amide bonds. The van der Waals surface area contributed by atoms with Gasteiger partial charge in [-0.2, -0.15) is 5.10 Å². The van der Waals surface area contributed by atoms with Gasteiger partial charge in [0.2, 0.25) is 0 Å². The molecule has 0 aliphatic rings. The second kappa shape index (κ2) is 6.66. The normalized spacial score (nSPS) is 11.4. The van der Waals surface area contributed by atoms with Gasteiger partial charge >= 0.3 is 0 Å². The molecule has 17 heavy (non-hydrogen) atoms. The molecule has 1 rings (SSSR count). The predicted molar refractivity (Wildman–Crippen MR) is 72.8 cm³/mol. The monoisotopic (exact) mass is 255 g/mol. The molecule has 0 aliphatic heterocycles. The molecule has 0 spiro atoms. The molecular formula is C11H21N5S. The van der Waals surface area contributed by atoms with E-state index in [4.69, 9.17) is 18.0 Å². The van der Waals surface area contributed by atoms with Gasteiger partial charge in [0.1, 0.15) is 12.2 Å². The smallest absolute Gasteiger partial charge is 0.141 e. The minimum atomic E-state index is 0.335. The molecule has 1 aromatic heterocycles. The summed E-state index contributed by atoms with van der Waals surface area (Å²) in [5, 5.41) is 4.23. The fourth-order valence-electron chi connectivity index (χ4n) is 1.64. The molecule has 1 heterocycles. The van der Waals surface area contributed by atoms with Crippen LogP contribution in [0.5, 0.6) is 0 Å². The number of nitrogens with two attached hydrogens (primary N) is 1. The third-order valence-corrected chi connectivity index (χ3v) is 2.83. The second-order valence-corrected chi connectivity index (χ2v) is 4.82. The minimum Gasteiger partial charge on any atom is -0.393 e. The van der Waals surface area contributed by atoms with Crippen molar-refractivity contribution in [1.82, 2.24) is 19.7 Å². The van der Waals surface area contributed by atoms with Crippen molar-refractivity contribution in [3.8, 4) is 0 Å². The zero-order chi connectivity index (χ0) is 12.8. The summed E-state index contributed by atoms with van der Waals surface area (Å²) in [7, 11) is 0. The SMILES string of the molecule is CCN(CCC(N)=S)Cc1ncnn1C(C)C. The number of rotatable bonds is 7. The van der Waals surface area contributed by atoms with E-state index in [0.29, 0.717) is 11.0 Å². The topological polar surface area (TPSA) is 60.0 Å². The number of hydrogen-bond donors (Lipinski definition) is 1. The second-order valence-electron chi connectivity index (χ2n) is 4.30. The molecule has 6 heteroatoms. The fourth-order valence-corrected chi connectivity index (χ4v) is 1.73. The molecule has 0 bridgehead atoms. The number of nitrogens with zero attached hydrogens (tertiary/aromatic N) is 4. The molecule has 96 valence electrons. The standard InChI is InChI=1S/C11H21N5S/c1-4-15(6-5-10(12)17)7-11-13-8-14-16(11)9(2)3/h8-9H,4-7H2,1-3H3,(H2,12,17). The number of thiocarbonyl (C=S) groups is 1. The van der Waals surface area contributed by atoms with Crippen LogP contribution in [0.25, 0.3) is 0 Å². The van der Waals surface area contributed by atoms with Crippen molar-refractivity contribution in [3.63, 3.8) is 0 Å². The van der Waals surface area contributed by atoms with Gasteiger partial charge in [0, 0.05) is 19.0 Å². The molecule has 0 atom stereocenters. The van der Waals surface area contributed by atoms with Crippen molar-refractivity contribution >= 4 is 17.2 Å². The summed E-state index contributed by atoms with van der Waals surface area (Å²) in [6.07, 6.45) is 2.36. The Morgan fingerprint density at radius 1 is 1.59 bits per heavy atom. The average molecular weight is 255 g/mol. The maximum Gasteiger partial charge on any atom is 0.141 e. The summed E-state index contributed by atoms with van der Waals surface area (Å²) in [4.78, 5) is 7.13. The van der Waals surface area contributed by atoms with Crippen LogP contribution in [0.2, 0.25) is 0 Å². The average Bonchev–Trinajstić information content (AvgIpc) is 2.71. The quantitative estimate of drug-likeness (QED) is 0.745. The van der Waals surface area contributed by atoms with Crippen LogP contribution >= 0.6 is 12.2 Å². The number of hydrogen-bond acceptors (Lipinski definition) is 4. The largest absolute Gasteiger partial charge is 0.393 e. The predicted octanol–water partition coefficient (Wildman–Crippen LogP) is 1.36. The highest BCUT2D eigenvalue weighted by Crippen LogP contribution is 2.08. The van der Waals surface area contributed by atoms with Gasteiger partial charge in [-0.05, 0) is 20.4 Å². The van der Waals surface area contributed by atoms with Gasteiger partial charge in [0.05, 0.1) is 11.5 Å². The summed E-state index contributed by atoms with van der Waals surface area (Å²) in [6, 6.07) is 0.335. The molecule has 0 saturated heterocycles. The Bertz CT molecular complexity index is 360. The van der Waals surface area contributed by atoms with E-state index in [9.17, 15) is 0 Å². The highest BCUT2D eigenvalue weighted by molar-refractivity contribution is 7.80. The zero-order valence-electron chi connectivity index (χ0n) is 10.8. The lowest BCUT2D eigenvalue weighted by molar-refractivity contribution is 0.272. The van der Waals surface area contributed by atoms with Gasteiger partial charge in [-0.3, -0.25) is 4.90 Å². The highest BCUT2D eigenvalue weighted by Gasteiger charge is 2.11. The molecular weight excluding hydrogens is 234 g/mol. The van der Waals surface area contributed by atoms with Crippen LogP contribution < -0.4 is 5.73 Å². The molecule has 0 radical (unpaired) electrons. The third kappa shape index (κ3) is 4.40. The van der Waals surface area contributed by atoms with Gasteiger partial charge in [-0.1, -0.05) is 19.1 Å². The first-order valence-corrected chi connectivity index (χ1v) is 6.34. The summed E-state index contributed by atoms with van der Waals surface area (Å²) >= 11 is 4.90. The Kier molecular flexibility index (Phi) is 5.50. The van der Waals surface area contributed by atoms with E-state index >= 15 is 0 Å². The molecule has 0 aliphatic carbocycles. The molecule has 0 fully saturated rings. The van der Waals surface area contributed by atoms with Crippen LogP contribution in [-0.2, 0) is 6.54 Å². The van der Waals surface area contributed by atoms with Crippen LogP contribution in [0, 0.1) is 0 Å². The Balaban J connectivity index is 2.60. The summed E-state index contributed by atoms with van der Waals surface area (Å²) in [5.41, 5.74) is 5.52. The van der Waals surface area contributed by atoms with E-state index in [1.54, 1.807) is 6.33 Å². The van der Waals surface area contributed by atoms with E-state index in [-0.39, 0.29) is 0 Å². The van der Waals surface area contributed by atoms with E-state index in [2.05, 4.69) is 35.8 Å². The molecule has 0 aromatic carbocycles. The third-order valence-electron chi connectivity index (χ3n) is 2.62. The van der Waals surface area contributed by atoms with Crippen molar-refractivity contribution in [3.05, 3.63) is 12.2 Å². The first-order chi connectivity index (χ1) is 8.04. The van der Waals surface area contributed by atoms with Crippen LogP contribution in [0.4, 0.5) is 0 Å². The number of aromatic nitrogens is 3. The molecule has 0 saturated carbocycles. The van der Waals surface area contributed by atoms with Crippen LogP contribution in [-0.4, -0.2) is 37.7 Å². The summed E-state index contributed by atoms with van der Waals surface area (Å²) in [5.74, 6) is 0.991. The lowest BCUT2D eigenvalue weighted by Gasteiger charge is -2.20. The molecule has 2 N–H and O–H groups in total. The van der Waals surface area contributed by atoms with Gasteiger partial charge in [-0.25, -0.2) is 9.67 Å². The van der Waals surface area contributed by atoms with Gasteiger partial charge in [0.25, 0.3) is 0 Å². The Morgan fingerprint density at radius 2 is 2.29 bits per heavy atom. The fraction of sp³-hybridized carbons (Fsp3) is 0.727. The van der Waals surface area contributed by atoms with Crippen LogP contribution in [0.1, 0.15) is 39.1 Å². The lowest BCUT2D eigenvalue weighted by atomic mass is 10.3. The lowest BCUT2D eigenvalue weighted by Crippen LogP contribution is -2.28. The molecule has 5 nitrogen and oxygen atoms in total. The Hall–Kier alpha value is -1.01. The van der Waals surface area contributed by atoms with Gasteiger partial charge in [-0.15, -0.1) is 0 Å². The highest BCUT2D eigenvalue weighted by atomic mass is 32.1. The molecule has 0 unspecified atom stereocenters. The van der Waals surface area contributed by atoms with E-state index in [0.717, 1.165) is 31.9 Å². The van der Waals surface area contributed by atoms with Crippen molar-refractivity contribution in [2.45, 2.75) is 39.8 Å². The van der Waals surface area contributed by atoms with Crippen molar-refractivity contribution in [2.24, 2.45) is 5.73 Å². The minimum absolute atomic E-state index is 0.335. The summed E-state index contributed by atoms with van der Waals surface area (Å²) < 4.78 is 1.95. The first-order valence-electron chi connectivity index (χ1n) is 5.93. The van der Waals surface area contributed by atoms with E-state index < -0.39 is 0 Å². The maximum atomic E-state index is 5.52. The van der Waals surface area contributed by atoms with Crippen molar-refractivity contribution in [1.29, 1.82) is 0 Å². The van der Waals surface area contributed by atoms with E-state index in [1.165, 1.54) is 0 Å². The molecule has 1 aromatic rings. The van der Waals surface area contributed by atoms with Gasteiger partial charge < -0.3 is 5.73 Å². The van der Waals surface area contributed by atoms with Gasteiger partial charge in [0.15, 0.2) is 0 Å². The van der Waals surface area contributed by atoms with E-state index in [1.807, 2.05) is 4.68 Å². The van der Waals surface area contributed by atoms with Crippen LogP contribution in [0.15, 0.2) is 6.33 Å². The van der Waals surface area contributed by atoms with Crippen molar-refractivity contribution in [2.75, 3.05) is 13.1 Å². The Morgan fingerprint density at radius 3 is 2.82 bits per heavy atom. The first kappa shape index (κ1) is 14.1. The zero-order valence-corrected chi connectivity index (χ0v) is 11.6. The maximum absolute atomic E-state index is 5.52. The summed E-state index contributed by atoms with van der Waals surface area (Å²) in [6.45, 7) is 8.93.